The number of ether oxygens (including phenoxy) is 2. The van der Waals surface area contributed by atoms with Gasteiger partial charge in [-0.3, -0.25) is 19.3 Å². The zero-order valence-corrected chi connectivity index (χ0v) is 16.8. The molecule has 0 unspecified atom stereocenters. The maximum absolute atomic E-state index is 13.9. The highest BCUT2D eigenvalue weighted by atomic mass is 35.5. The fourth-order valence-corrected chi connectivity index (χ4v) is 3.56. The highest BCUT2D eigenvalue weighted by molar-refractivity contribution is 8.18. The number of carbonyl (C=O) groups excluding carboxylic acids is 3. The molecule has 1 aliphatic rings. The minimum absolute atomic E-state index is 0.0649. The van der Waals surface area contributed by atoms with Crippen LogP contribution in [0.25, 0.3) is 6.08 Å². The van der Waals surface area contributed by atoms with Crippen LogP contribution in [-0.2, 0) is 20.9 Å². The van der Waals surface area contributed by atoms with Crippen molar-refractivity contribution >= 4 is 46.6 Å². The summed E-state index contributed by atoms with van der Waals surface area (Å²) >= 11 is 6.72. The number of hydrogen-bond donors (Lipinski definition) is 0. The Morgan fingerprint density at radius 3 is 2.72 bits per heavy atom. The third-order valence-electron chi connectivity index (χ3n) is 3.99. The largest absolute Gasteiger partial charge is 0.489 e. The molecule has 2 aromatic carbocycles. The molecule has 150 valence electrons. The average molecular weight is 436 g/mol. The summed E-state index contributed by atoms with van der Waals surface area (Å²) in [7, 11) is 1.18. The van der Waals surface area contributed by atoms with Gasteiger partial charge in [-0.25, -0.2) is 4.39 Å². The summed E-state index contributed by atoms with van der Waals surface area (Å²) in [6.07, 6.45) is 1.52. The van der Waals surface area contributed by atoms with E-state index < -0.39 is 29.5 Å². The molecule has 9 heteroatoms. The number of benzene rings is 2. The van der Waals surface area contributed by atoms with E-state index in [1.807, 2.05) is 0 Å². The summed E-state index contributed by atoms with van der Waals surface area (Å²) in [5.74, 6) is -1.29. The maximum atomic E-state index is 13.9. The van der Waals surface area contributed by atoms with Crippen LogP contribution in [0.5, 0.6) is 5.75 Å². The minimum Gasteiger partial charge on any atom is -0.489 e. The molecule has 0 aromatic heterocycles. The first-order valence-corrected chi connectivity index (χ1v) is 9.56. The molecule has 1 heterocycles. The topological polar surface area (TPSA) is 72.9 Å². The van der Waals surface area contributed by atoms with E-state index in [1.165, 1.54) is 25.3 Å². The molecule has 2 amide bonds. The molecule has 0 bridgehead atoms. The van der Waals surface area contributed by atoms with Gasteiger partial charge in [0.15, 0.2) is 0 Å². The number of esters is 1. The summed E-state index contributed by atoms with van der Waals surface area (Å²) in [6, 6.07) is 11.1. The van der Waals surface area contributed by atoms with Crippen LogP contribution in [-0.4, -0.2) is 35.7 Å². The lowest BCUT2D eigenvalue weighted by Crippen LogP contribution is -2.34. The first-order valence-electron chi connectivity index (χ1n) is 8.37. The number of nitrogens with zero attached hydrogens (tertiary/aromatic N) is 1. The van der Waals surface area contributed by atoms with E-state index in [-0.39, 0.29) is 22.1 Å². The predicted octanol–water partition coefficient (Wildman–Crippen LogP) is 4.27. The molecular formula is C20H15ClFNO5S. The normalized spacial score (nSPS) is 15.1. The van der Waals surface area contributed by atoms with Crippen LogP contribution in [0.3, 0.4) is 0 Å². The van der Waals surface area contributed by atoms with E-state index in [0.717, 1.165) is 16.7 Å². The van der Waals surface area contributed by atoms with Crippen molar-refractivity contribution in [3.8, 4) is 5.75 Å². The molecule has 1 saturated heterocycles. The van der Waals surface area contributed by atoms with Gasteiger partial charge >= 0.3 is 5.97 Å². The number of amides is 2. The molecular weight excluding hydrogens is 421 g/mol. The van der Waals surface area contributed by atoms with Crippen LogP contribution in [0.1, 0.15) is 11.1 Å². The van der Waals surface area contributed by atoms with Crippen molar-refractivity contribution in [2.45, 2.75) is 6.61 Å². The Morgan fingerprint density at radius 2 is 2.00 bits per heavy atom. The lowest BCUT2D eigenvalue weighted by atomic mass is 10.2. The molecule has 0 atom stereocenters. The van der Waals surface area contributed by atoms with Crippen molar-refractivity contribution in [1.29, 1.82) is 0 Å². The van der Waals surface area contributed by atoms with Crippen LogP contribution >= 0.6 is 23.4 Å². The first kappa shape index (κ1) is 20.9. The fraction of sp³-hybridized carbons (Fsp3) is 0.150. The summed E-state index contributed by atoms with van der Waals surface area (Å²) in [5.41, 5.74) is 0.842. The molecule has 0 aliphatic carbocycles. The van der Waals surface area contributed by atoms with Gasteiger partial charge in [0, 0.05) is 5.56 Å². The fourth-order valence-electron chi connectivity index (χ4n) is 2.50. The third-order valence-corrected chi connectivity index (χ3v) is 5.25. The van der Waals surface area contributed by atoms with Gasteiger partial charge < -0.3 is 9.47 Å². The van der Waals surface area contributed by atoms with E-state index in [2.05, 4.69) is 4.74 Å². The number of rotatable bonds is 6. The van der Waals surface area contributed by atoms with Gasteiger partial charge in [0.05, 0.1) is 17.0 Å². The van der Waals surface area contributed by atoms with Crippen molar-refractivity contribution in [1.82, 2.24) is 4.90 Å². The molecule has 0 radical (unpaired) electrons. The van der Waals surface area contributed by atoms with Crippen LogP contribution < -0.4 is 4.74 Å². The number of carbonyl (C=O) groups is 3. The standard InChI is InChI=1S/C20H15ClFNO5S/c1-27-18(24)10-23-19(25)17(29-20(23)26)9-12-4-2-5-13(8-12)28-11-14-15(21)6-3-7-16(14)22/h2-9H,10-11H2,1H3/b17-9-. The Hall–Kier alpha value is -2.84. The van der Waals surface area contributed by atoms with Gasteiger partial charge in [-0.2, -0.15) is 0 Å². The van der Waals surface area contributed by atoms with Gasteiger partial charge in [-0.05, 0) is 47.7 Å². The molecule has 29 heavy (non-hydrogen) atoms. The Kier molecular flexibility index (Phi) is 6.56. The second-order valence-corrected chi connectivity index (χ2v) is 7.31. The molecule has 1 aliphatic heterocycles. The molecule has 3 rings (SSSR count). The third kappa shape index (κ3) is 4.96. The van der Waals surface area contributed by atoms with Gasteiger partial charge in [-0.15, -0.1) is 0 Å². The second kappa shape index (κ2) is 9.11. The molecule has 0 saturated carbocycles. The number of halogens is 2. The number of thioether (sulfide) groups is 1. The smallest absolute Gasteiger partial charge is 0.325 e. The summed E-state index contributed by atoms with van der Waals surface area (Å²) in [4.78, 5) is 36.7. The van der Waals surface area contributed by atoms with Crippen molar-refractivity contribution in [3.05, 3.63) is 69.3 Å². The van der Waals surface area contributed by atoms with Crippen molar-refractivity contribution in [2.24, 2.45) is 0 Å². The number of imide groups is 1. The highest BCUT2D eigenvalue weighted by Gasteiger charge is 2.36. The quantitative estimate of drug-likeness (QED) is 0.498. The van der Waals surface area contributed by atoms with Crippen LogP contribution in [0.2, 0.25) is 5.02 Å². The van der Waals surface area contributed by atoms with E-state index in [4.69, 9.17) is 16.3 Å². The van der Waals surface area contributed by atoms with Crippen LogP contribution in [0.15, 0.2) is 47.4 Å². The Labute approximate surface area is 175 Å². The summed E-state index contributed by atoms with van der Waals surface area (Å²) in [5, 5.41) is -0.284. The van der Waals surface area contributed by atoms with E-state index in [1.54, 1.807) is 30.3 Å². The van der Waals surface area contributed by atoms with Gasteiger partial charge in [0.2, 0.25) is 0 Å². The Morgan fingerprint density at radius 1 is 1.24 bits per heavy atom. The molecule has 0 N–H and O–H groups in total. The summed E-state index contributed by atoms with van der Waals surface area (Å²) in [6.45, 7) is -0.504. The Bertz CT molecular complexity index is 990. The Balaban J connectivity index is 1.73. The first-order chi connectivity index (χ1) is 13.9. The molecule has 0 spiro atoms. The molecule has 2 aromatic rings. The zero-order chi connectivity index (χ0) is 21.0. The monoisotopic (exact) mass is 435 g/mol. The minimum atomic E-state index is -0.684. The summed E-state index contributed by atoms with van der Waals surface area (Å²) < 4.78 is 24.0. The highest BCUT2D eigenvalue weighted by Crippen LogP contribution is 2.32. The molecule has 6 nitrogen and oxygen atoms in total. The van der Waals surface area contributed by atoms with Crippen molar-refractivity contribution in [2.75, 3.05) is 13.7 Å². The number of methoxy groups -OCH3 is 1. The van der Waals surface area contributed by atoms with Gasteiger partial charge in [0.25, 0.3) is 11.1 Å². The predicted molar refractivity (Wildman–Crippen MR) is 107 cm³/mol. The van der Waals surface area contributed by atoms with Crippen molar-refractivity contribution in [3.63, 3.8) is 0 Å². The van der Waals surface area contributed by atoms with E-state index in [0.29, 0.717) is 11.3 Å². The average Bonchev–Trinajstić information content (AvgIpc) is 2.95. The lowest BCUT2D eigenvalue weighted by molar-refractivity contribution is -0.143. The SMILES string of the molecule is COC(=O)CN1C(=O)S/C(=C\c2cccc(OCc3c(F)cccc3Cl)c2)C1=O. The van der Waals surface area contributed by atoms with Gasteiger partial charge in [-0.1, -0.05) is 29.8 Å². The zero-order valence-electron chi connectivity index (χ0n) is 15.2. The second-order valence-electron chi connectivity index (χ2n) is 5.91. The lowest BCUT2D eigenvalue weighted by Gasteiger charge is -2.10. The van der Waals surface area contributed by atoms with Crippen molar-refractivity contribution < 1.29 is 28.2 Å². The number of hydrogen-bond acceptors (Lipinski definition) is 6. The van der Waals surface area contributed by atoms with E-state index >= 15 is 0 Å². The molecule has 1 fully saturated rings. The van der Waals surface area contributed by atoms with E-state index in [9.17, 15) is 18.8 Å². The van der Waals surface area contributed by atoms with Crippen LogP contribution in [0, 0.1) is 5.82 Å². The maximum Gasteiger partial charge on any atom is 0.325 e. The van der Waals surface area contributed by atoms with Gasteiger partial charge in [0.1, 0.15) is 24.7 Å². The van der Waals surface area contributed by atoms with Crippen LogP contribution in [0.4, 0.5) is 9.18 Å².